The molecule has 0 bridgehead atoms. The second-order valence-corrected chi connectivity index (χ2v) is 5.52. The molecule has 0 spiro atoms. The number of hydrogen-bond donors (Lipinski definition) is 1. The Kier molecular flexibility index (Phi) is 3.77. The van der Waals surface area contributed by atoms with E-state index >= 15 is 0 Å². The van der Waals surface area contributed by atoms with Crippen LogP contribution in [0.4, 0.5) is 0 Å². The van der Waals surface area contributed by atoms with E-state index in [1.807, 2.05) is 39.0 Å². The third-order valence-corrected chi connectivity index (χ3v) is 3.72. The summed E-state index contributed by atoms with van der Waals surface area (Å²) < 4.78 is 0. The normalized spacial score (nSPS) is 10.4. The lowest BCUT2D eigenvalue weighted by Crippen LogP contribution is -2.22. The fourth-order valence-electron chi connectivity index (χ4n) is 1.83. The lowest BCUT2D eigenvalue weighted by atomic mass is 10.1. The van der Waals surface area contributed by atoms with Crippen LogP contribution in [0, 0.1) is 20.8 Å². The summed E-state index contributed by atoms with van der Waals surface area (Å²) in [5, 5.41) is 3.85. The molecule has 0 saturated carbocycles. The highest BCUT2D eigenvalue weighted by Crippen LogP contribution is 2.16. The second-order valence-electron chi connectivity index (χ2n) is 4.32. The number of carbonyl (C=O) groups is 1. The fraction of sp³-hybridized carbons (Fsp3) is 0.286. The number of amides is 1. The number of nitrogens with one attached hydrogen (secondary N) is 1. The van der Waals surface area contributed by atoms with Crippen molar-refractivity contribution in [2.75, 3.05) is 0 Å². The van der Waals surface area contributed by atoms with Crippen molar-refractivity contribution in [1.29, 1.82) is 0 Å². The summed E-state index contributed by atoms with van der Waals surface area (Å²) in [4.78, 5) is 17.0. The van der Waals surface area contributed by atoms with E-state index in [0.717, 1.165) is 16.3 Å². The van der Waals surface area contributed by atoms with E-state index in [1.165, 1.54) is 16.9 Å². The van der Waals surface area contributed by atoms with Gasteiger partial charge < -0.3 is 5.32 Å². The first-order chi connectivity index (χ1) is 8.56. The summed E-state index contributed by atoms with van der Waals surface area (Å²) in [7, 11) is 0. The summed E-state index contributed by atoms with van der Waals surface area (Å²) in [6, 6.07) is 8.13. The first kappa shape index (κ1) is 12.8. The van der Waals surface area contributed by atoms with Crippen LogP contribution in [0.3, 0.4) is 0 Å². The Hall–Kier alpha value is -1.68. The topological polar surface area (TPSA) is 42.0 Å². The Morgan fingerprint density at radius 2 is 2.11 bits per heavy atom. The maximum Gasteiger partial charge on any atom is 0.263 e. The van der Waals surface area contributed by atoms with Crippen molar-refractivity contribution in [1.82, 2.24) is 10.3 Å². The molecule has 1 aromatic heterocycles. The smallest absolute Gasteiger partial charge is 0.263 e. The number of thiazole rings is 1. The van der Waals surface area contributed by atoms with Crippen LogP contribution in [-0.2, 0) is 6.54 Å². The molecule has 0 aliphatic carbocycles. The highest BCUT2D eigenvalue weighted by molar-refractivity contribution is 7.13. The second kappa shape index (κ2) is 5.31. The molecule has 0 atom stereocenters. The highest BCUT2D eigenvalue weighted by Gasteiger charge is 2.13. The highest BCUT2D eigenvalue weighted by atomic mass is 32.1. The van der Waals surface area contributed by atoms with Crippen LogP contribution in [0.1, 0.15) is 31.5 Å². The van der Waals surface area contributed by atoms with Crippen LogP contribution in [0.25, 0.3) is 0 Å². The molecule has 4 heteroatoms. The summed E-state index contributed by atoms with van der Waals surface area (Å²) in [5.41, 5.74) is 3.12. The van der Waals surface area contributed by atoms with E-state index in [-0.39, 0.29) is 5.91 Å². The Morgan fingerprint density at radius 1 is 1.33 bits per heavy atom. The minimum absolute atomic E-state index is 0.0420. The predicted molar refractivity (Wildman–Crippen MR) is 73.9 cm³/mol. The molecule has 18 heavy (non-hydrogen) atoms. The van der Waals surface area contributed by atoms with Gasteiger partial charge in [-0.3, -0.25) is 4.79 Å². The number of benzene rings is 1. The lowest BCUT2D eigenvalue weighted by Gasteiger charge is -2.05. The first-order valence-corrected chi connectivity index (χ1v) is 6.65. The van der Waals surface area contributed by atoms with Crippen molar-refractivity contribution >= 4 is 17.2 Å². The molecule has 2 aromatic rings. The molecule has 94 valence electrons. The maximum atomic E-state index is 12.0. The molecule has 0 unspecified atom stereocenters. The van der Waals surface area contributed by atoms with E-state index < -0.39 is 0 Å². The zero-order chi connectivity index (χ0) is 13.1. The minimum atomic E-state index is -0.0420. The van der Waals surface area contributed by atoms with E-state index in [0.29, 0.717) is 11.4 Å². The van der Waals surface area contributed by atoms with E-state index in [1.54, 1.807) is 0 Å². The standard InChI is InChI=1S/C14H16N2OS/c1-9-5-4-6-12(7-9)8-15-14(17)13-10(2)16-11(3)18-13/h4-7H,8H2,1-3H3,(H,15,17). The number of nitrogens with zero attached hydrogens (tertiary/aromatic N) is 1. The van der Waals surface area contributed by atoms with E-state index in [9.17, 15) is 4.79 Å². The molecule has 0 aliphatic rings. The largest absolute Gasteiger partial charge is 0.347 e. The Labute approximate surface area is 111 Å². The van der Waals surface area contributed by atoms with Gasteiger partial charge in [0.2, 0.25) is 0 Å². The molecule has 0 fully saturated rings. The van der Waals surface area contributed by atoms with Crippen LogP contribution >= 0.6 is 11.3 Å². The van der Waals surface area contributed by atoms with Crippen molar-refractivity contribution in [3.63, 3.8) is 0 Å². The third kappa shape index (κ3) is 2.96. The summed E-state index contributed by atoms with van der Waals surface area (Å²) in [5.74, 6) is -0.0420. The molecular weight excluding hydrogens is 244 g/mol. The van der Waals surface area contributed by atoms with Gasteiger partial charge >= 0.3 is 0 Å². The van der Waals surface area contributed by atoms with Gasteiger partial charge in [0.15, 0.2) is 0 Å². The minimum Gasteiger partial charge on any atom is -0.347 e. The average molecular weight is 260 g/mol. The van der Waals surface area contributed by atoms with E-state index in [4.69, 9.17) is 0 Å². The van der Waals surface area contributed by atoms with Gasteiger partial charge in [-0.15, -0.1) is 11.3 Å². The van der Waals surface area contributed by atoms with Crippen LogP contribution in [0.2, 0.25) is 0 Å². The molecule has 3 nitrogen and oxygen atoms in total. The summed E-state index contributed by atoms with van der Waals surface area (Å²) in [6.45, 7) is 6.37. The van der Waals surface area contributed by atoms with E-state index in [2.05, 4.69) is 16.4 Å². The number of carbonyl (C=O) groups excluding carboxylic acids is 1. The van der Waals surface area contributed by atoms with Crippen LogP contribution in [-0.4, -0.2) is 10.9 Å². The van der Waals surface area contributed by atoms with Gasteiger partial charge in [0.1, 0.15) is 4.88 Å². The van der Waals surface area contributed by atoms with Crippen LogP contribution < -0.4 is 5.32 Å². The van der Waals surface area contributed by atoms with Gasteiger partial charge in [-0.1, -0.05) is 29.8 Å². The molecule has 2 rings (SSSR count). The Morgan fingerprint density at radius 3 is 2.72 bits per heavy atom. The Bertz CT molecular complexity index is 575. The zero-order valence-corrected chi connectivity index (χ0v) is 11.6. The molecule has 0 aliphatic heterocycles. The molecule has 1 aromatic carbocycles. The average Bonchev–Trinajstić information content (AvgIpc) is 2.66. The molecule has 1 heterocycles. The molecule has 0 saturated heterocycles. The zero-order valence-electron chi connectivity index (χ0n) is 10.8. The first-order valence-electron chi connectivity index (χ1n) is 5.84. The fourth-order valence-corrected chi connectivity index (χ4v) is 2.66. The van der Waals surface area contributed by atoms with Crippen LogP contribution in [0.15, 0.2) is 24.3 Å². The van der Waals surface area contributed by atoms with Crippen molar-refractivity contribution < 1.29 is 4.79 Å². The van der Waals surface area contributed by atoms with Gasteiger partial charge in [-0.2, -0.15) is 0 Å². The molecule has 1 amide bonds. The third-order valence-electron chi connectivity index (χ3n) is 2.65. The summed E-state index contributed by atoms with van der Waals surface area (Å²) in [6.07, 6.45) is 0. The number of rotatable bonds is 3. The van der Waals surface area contributed by atoms with Gasteiger partial charge in [0.25, 0.3) is 5.91 Å². The number of aromatic nitrogens is 1. The Balaban J connectivity index is 2.03. The SMILES string of the molecule is Cc1cccc(CNC(=O)c2sc(C)nc2C)c1. The molecule has 1 N–H and O–H groups in total. The summed E-state index contributed by atoms with van der Waals surface area (Å²) >= 11 is 1.44. The molecular formula is C14H16N2OS. The van der Waals surface area contributed by atoms with Gasteiger partial charge in [-0.25, -0.2) is 4.98 Å². The van der Waals surface area contributed by atoms with Crippen molar-refractivity contribution in [3.05, 3.63) is 51.0 Å². The van der Waals surface area contributed by atoms with Crippen molar-refractivity contribution in [2.24, 2.45) is 0 Å². The maximum absolute atomic E-state index is 12.0. The number of hydrogen-bond acceptors (Lipinski definition) is 3. The monoisotopic (exact) mass is 260 g/mol. The van der Waals surface area contributed by atoms with Gasteiger partial charge in [0, 0.05) is 6.54 Å². The predicted octanol–water partition coefficient (Wildman–Crippen LogP) is 3.00. The molecule has 0 radical (unpaired) electrons. The van der Waals surface area contributed by atoms with Crippen molar-refractivity contribution in [3.8, 4) is 0 Å². The number of aryl methyl sites for hydroxylation is 3. The van der Waals surface area contributed by atoms with Crippen LogP contribution in [0.5, 0.6) is 0 Å². The quantitative estimate of drug-likeness (QED) is 0.921. The van der Waals surface area contributed by atoms with Gasteiger partial charge in [-0.05, 0) is 26.3 Å². The lowest BCUT2D eigenvalue weighted by molar-refractivity contribution is 0.0954. The van der Waals surface area contributed by atoms with Crippen molar-refractivity contribution in [2.45, 2.75) is 27.3 Å². The van der Waals surface area contributed by atoms with Gasteiger partial charge in [0.05, 0.1) is 10.7 Å².